The molecule has 33 heavy (non-hydrogen) atoms. The first-order valence-electron chi connectivity index (χ1n) is 10.8. The molecule has 8 nitrogen and oxygen atoms in total. The molecule has 1 aliphatic rings. The van der Waals surface area contributed by atoms with Crippen molar-refractivity contribution in [3.8, 4) is 11.1 Å². The number of fused-ring (bicyclic) bond motifs is 3. The van der Waals surface area contributed by atoms with Crippen LogP contribution in [0.5, 0.6) is 0 Å². The van der Waals surface area contributed by atoms with Crippen LogP contribution in [0.2, 0.25) is 0 Å². The highest BCUT2D eigenvalue weighted by molar-refractivity contribution is 5.81. The lowest BCUT2D eigenvalue weighted by molar-refractivity contribution is -0.139. The average Bonchev–Trinajstić information content (AvgIpc) is 3.07. The van der Waals surface area contributed by atoms with Crippen LogP contribution in [0.15, 0.2) is 48.5 Å². The minimum atomic E-state index is -1.21. The first-order chi connectivity index (χ1) is 15.6. The Morgan fingerprint density at radius 2 is 1.58 bits per heavy atom. The zero-order valence-corrected chi connectivity index (χ0v) is 19.3. The molecule has 0 radical (unpaired) electrons. The van der Waals surface area contributed by atoms with Crippen LogP contribution in [0, 0.1) is 0 Å². The molecule has 1 aliphatic carbocycles. The highest BCUT2D eigenvalue weighted by atomic mass is 16.6. The zero-order valence-electron chi connectivity index (χ0n) is 19.3. The summed E-state index contributed by atoms with van der Waals surface area (Å²) in [5, 5.41) is 11.9. The Balaban J connectivity index is 1.57. The molecule has 2 N–H and O–H groups in total. The van der Waals surface area contributed by atoms with Crippen molar-refractivity contribution in [1.82, 2.24) is 10.2 Å². The minimum Gasteiger partial charge on any atom is -0.480 e. The Kier molecular flexibility index (Phi) is 7.26. The molecular formula is C25H30N2O6. The van der Waals surface area contributed by atoms with Gasteiger partial charge in [-0.2, -0.15) is 0 Å². The maximum atomic E-state index is 12.4. The molecule has 2 aromatic rings. The average molecular weight is 455 g/mol. The highest BCUT2D eigenvalue weighted by Gasteiger charge is 2.30. The molecule has 0 heterocycles. The number of hydrogen-bond acceptors (Lipinski definition) is 5. The Morgan fingerprint density at radius 3 is 2.09 bits per heavy atom. The summed E-state index contributed by atoms with van der Waals surface area (Å²) in [6.45, 7) is 5.42. The number of ether oxygens (including phenoxy) is 2. The maximum Gasteiger partial charge on any atom is 0.410 e. The minimum absolute atomic E-state index is 0.00920. The largest absolute Gasteiger partial charge is 0.480 e. The highest BCUT2D eigenvalue weighted by Crippen LogP contribution is 2.44. The molecule has 0 saturated heterocycles. The number of benzene rings is 2. The van der Waals surface area contributed by atoms with Gasteiger partial charge < -0.3 is 24.8 Å². The Bertz CT molecular complexity index is 984. The fraction of sp³-hybridized carbons (Fsp3) is 0.400. The summed E-state index contributed by atoms with van der Waals surface area (Å²) in [4.78, 5) is 37.4. The van der Waals surface area contributed by atoms with Gasteiger partial charge in [0, 0.05) is 19.5 Å². The molecule has 0 aromatic heterocycles. The molecule has 2 amide bonds. The van der Waals surface area contributed by atoms with Gasteiger partial charge in [0.1, 0.15) is 18.2 Å². The molecule has 0 saturated carbocycles. The second-order valence-electron chi connectivity index (χ2n) is 9.05. The summed E-state index contributed by atoms with van der Waals surface area (Å²) in [6.07, 6.45) is -1.37. The monoisotopic (exact) mass is 454 g/mol. The van der Waals surface area contributed by atoms with Crippen molar-refractivity contribution in [3.05, 3.63) is 59.7 Å². The molecule has 2 aromatic carbocycles. The van der Waals surface area contributed by atoms with Gasteiger partial charge in [0.05, 0.1) is 0 Å². The number of carboxylic acids is 1. The van der Waals surface area contributed by atoms with E-state index in [2.05, 4.69) is 5.32 Å². The van der Waals surface area contributed by atoms with E-state index in [4.69, 9.17) is 9.47 Å². The van der Waals surface area contributed by atoms with Gasteiger partial charge in [0.25, 0.3) is 0 Å². The normalized spacial score (nSPS) is 13.5. The molecule has 0 unspecified atom stereocenters. The molecule has 8 heteroatoms. The molecule has 0 fully saturated rings. The molecule has 0 spiro atoms. The SMILES string of the molecule is CN(CC[C@H](NC(=O)OCC1c2ccccc2-c2ccccc21)C(=O)O)C(=O)OC(C)(C)C. The van der Waals surface area contributed by atoms with Crippen molar-refractivity contribution in [2.45, 2.75) is 44.8 Å². The van der Waals surface area contributed by atoms with Crippen LogP contribution in [0.3, 0.4) is 0 Å². The number of carbonyl (C=O) groups excluding carboxylic acids is 2. The molecule has 0 aliphatic heterocycles. The first kappa shape index (κ1) is 24.1. The van der Waals surface area contributed by atoms with E-state index in [-0.39, 0.29) is 25.5 Å². The van der Waals surface area contributed by atoms with Crippen molar-refractivity contribution in [3.63, 3.8) is 0 Å². The number of nitrogens with zero attached hydrogens (tertiary/aromatic N) is 1. The van der Waals surface area contributed by atoms with Crippen LogP contribution >= 0.6 is 0 Å². The van der Waals surface area contributed by atoms with Crippen molar-refractivity contribution in [1.29, 1.82) is 0 Å². The number of aliphatic carboxylic acids is 1. The van der Waals surface area contributed by atoms with Crippen molar-refractivity contribution in [2.75, 3.05) is 20.2 Å². The number of rotatable bonds is 7. The lowest BCUT2D eigenvalue weighted by Crippen LogP contribution is -2.44. The van der Waals surface area contributed by atoms with Crippen molar-refractivity contribution in [2.24, 2.45) is 0 Å². The van der Waals surface area contributed by atoms with E-state index in [1.165, 1.54) is 11.9 Å². The van der Waals surface area contributed by atoms with Crippen LogP contribution in [0.25, 0.3) is 11.1 Å². The van der Waals surface area contributed by atoms with Crippen LogP contribution < -0.4 is 5.32 Å². The van der Waals surface area contributed by atoms with Crippen LogP contribution in [0.1, 0.15) is 44.2 Å². The van der Waals surface area contributed by atoms with E-state index < -0.39 is 29.8 Å². The van der Waals surface area contributed by atoms with E-state index >= 15 is 0 Å². The van der Waals surface area contributed by atoms with E-state index in [0.717, 1.165) is 22.3 Å². The fourth-order valence-electron chi connectivity index (χ4n) is 3.79. The topological polar surface area (TPSA) is 105 Å². The number of carboxylic acid groups (broad SMARTS) is 1. The molecule has 176 valence electrons. The quantitative estimate of drug-likeness (QED) is 0.649. The predicted molar refractivity (Wildman–Crippen MR) is 123 cm³/mol. The van der Waals surface area contributed by atoms with Crippen molar-refractivity contribution < 1.29 is 29.0 Å². The van der Waals surface area contributed by atoms with Crippen LogP contribution in [-0.2, 0) is 14.3 Å². The van der Waals surface area contributed by atoms with E-state index in [1.807, 2.05) is 48.5 Å². The number of amides is 2. The Labute approximate surface area is 193 Å². The van der Waals surface area contributed by atoms with Gasteiger partial charge in [0.15, 0.2) is 0 Å². The lowest BCUT2D eigenvalue weighted by Gasteiger charge is -2.25. The number of hydrogen-bond donors (Lipinski definition) is 2. The fourth-order valence-corrected chi connectivity index (χ4v) is 3.79. The number of carbonyl (C=O) groups is 3. The van der Waals surface area contributed by atoms with Gasteiger partial charge in [0.2, 0.25) is 0 Å². The Hall–Kier alpha value is -3.55. The number of alkyl carbamates (subject to hydrolysis) is 1. The summed E-state index contributed by atoms with van der Waals surface area (Å²) in [5.41, 5.74) is 3.70. The van der Waals surface area contributed by atoms with Gasteiger partial charge >= 0.3 is 18.2 Å². The molecule has 3 rings (SSSR count). The van der Waals surface area contributed by atoms with Gasteiger partial charge in [-0.05, 0) is 49.4 Å². The number of nitrogens with one attached hydrogen (secondary N) is 1. The van der Waals surface area contributed by atoms with Crippen LogP contribution in [0.4, 0.5) is 9.59 Å². The van der Waals surface area contributed by atoms with Gasteiger partial charge in [-0.25, -0.2) is 14.4 Å². The summed E-state index contributed by atoms with van der Waals surface area (Å²) < 4.78 is 10.7. The van der Waals surface area contributed by atoms with E-state index in [0.29, 0.717) is 0 Å². The third-order valence-corrected chi connectivity index (χ3v) is 5.39. The summed E-state index contributed by atoms with van der Waals surface area (Å²) in [5.74, 6) is -1.33. The smallest absolute Gasteiger partial charge is 0.410 e. The summed E-state index contributed by atoms with van der Waals surface area (Å²) >= 11 is 0. The second kappa shape index (κ2) is 9.94. The summed E-state index contributed by atoms with van der Waals surface area (Å²) in [6, 6.07) is 14.7. The molecule has 0 bridgehead atoms. The van der Waals surface area contributed by atoms with Crippen molar-refractivity contribution >= 4 is 18.2 Å². The zero-order chi connectivity index (χ0) is 24.2. The Morgan fingerprint density at radius 1 is 1.03 bits per heavy atom. The van der Waals surface area contributed by atoms with E-state index in [1.54, 1.807) is 20.8 Å². The third-order valence-electron chi connectivity index (χ3n) is 5.39. The lowest BCUT2D eigenvalue weighted by atomic mass is 9.98. The van der Waals surface area contributed by atoms with Gasteiger partial charge in [-0.1, -0.05) is 48.5 Å². The molecule has 1 atom stereocenters. The van der Waals surface area contributed by atoms with Gasteiger partial charge in [-0.15, -0.1) is 0 Å². The third kappa shape index (κ3) is 6.03. The van der Waals surface area contributed by atoms with Gasteiger partial charge in [-0.3, -0.25) is 0 Å². The second-order valence-corrected chi connectivity index (χ2v) is 9.05. The molecular weight excluding hydrogens is 424 g/mol. The van der Waals surface area contributed by atoms with Crippen LogP contribution in [-0.4, -0.2) is 60.0 Å². The standard InChI is InChI=1S/C25H30N2O6/c1-25(2,3)33-24(31)27(4)14-13-21(22(28)29)26-23(30)32-15-20-18-11-7-5-9-16(18)17-10-6-8-12-19(17)20/h5-12,20-21H,13-15H2,1-4H3,(H,26,30)(H,28,29)/t21-/m0/s1. The van der Waals surface area contributed by atoms with E-state index in [9.17, 15) is 19.5 Å². The first-order valence-corrected chi connectivity index (χ1v) is 10.8. The maximum absolute atomic E-state index is 12.4. The predicted octanol–water partition coefficient (Wildman–Crippen LogP) is 4.24. The summed E-state index contributed by atoms with van der Waals surface area (Å²) in [7, 11) is 1.51.